The van der Waals surface area contributed by atoms with Crippen LogP contribution < -0.4 is 5.32 Å². The van der Waals surface area contributed by atoms with E-state index in [9.17, 15) is 0 Å². The number of nitrogens with one attached hydrogen (secondary N) is 1. The lowest BCUT2D eigenvalue weighted by atomic mass is 9.69. The minimum atomic E-state index is 0.446. The summed E-state index contributed by atoms with van der Waals surface area (Å²) in [5.74, 6) is 0.843. The largest absolute Gasteiger partial charge is 0.312 e. The summed E-state index contributed by atoms with van der Waals surface area (Å²) in [6.45, 7) is 14.0. The van der Waals surface area contributed by atoms with Crippen molar-refractivity contribution >= 4 is 0 Å². The third-order valence-electron chi connectivity index (χ3n) is 4.63. The Hall–Kier alpha value is -0.0800. The van der Waals surface area contributed by atoms with E-state index >= 15 is 0 Å². The van der Waals surface area contributed by atoms with Crippen LogP contribution in [-0.2, 0) is 0 Å². The summed E-state index contributed by atoms with van der Waals surface area (Å²) in [6, 6.07) is 1.39. The highest BCUT2D eigenvalue weighted by molar-refractivity contribution is 4.88. The third-order valence-corrected chi connectivity index (χ3v) is 4.63. The van der Waals surface area contributed by atoms with Gasteiger partial charge in [-0.1, -0.05) is 33.6 Å². The molecular formula is C16H34N2. The van der Waals surface area contributed by atoms with Crippen LogP contribution in [0.5, 0.6) is 0 Å². The maximum atomic E-state index is 3.82. The van der Waals surface area contributed by atoms with Crippen molar-refractivity contribution in [2.24, 2.45) is 11.3 Å². The molecule has 2 heteroatoms. The molecule has 0 aromatic rings. The Labute approximate surface area is 115 Å². The zero-order valence-corrected chi connectivity index (χ0v) is 13.4. The van der Waals surface area contributed by atoms with E-state index in [2.05, 4.69) is 51.9 Å². The molecule has 18 heavy (non-hydrogen) atoms. The van der Waals surface area contributed by atoms with Crippen LogP contribution >= 0.6 is 0 Å². The van der Waals surface area contributed by atoms with E-state index in [0.29, 0.717) is 11.5 Å². The van der Waals surface area contributed by atoms with Gasteiger partial charge in [-0.05, 0) is 45.1 Å². The van der Waals surface area contributed by atoms with E-state index in [1.807, 2.05) is 0 Å². The Bertz CT molecular complexity index is 230. The van der Waals surface area contributed by atoms with Gasteiger partial charge in [-0.25, -0.2) is 0 Å². The molecule has 1 N–H and O–H groups in total. The molecule has 1 fully saturated rings. The van der Waals surface area contributed by atoms with Crippen LogP contribution in [0.2, 0.25) is 0 Å². The molecule has 1 rings (SSSR count). The van der Waals surface area contributed by atoms with Gasteiger partial charge in [0, 0.05) is 25.2 Å². The Kier molecular flexibility index (Phi) is 6.13. The monoisotopic (exact) mass is 254 g/mol. The Morgan fingerprint density at radius 1 is 1.17 bits per heavy atom. The number of hydrogen-bond acceptors (Lipinski definition) is 2. The molecule has 2 unspecified atom stereocenters. The van der Waals surface area contributed by atoms with Crippen LogP contribution in [0, 0.1) is 11.3 Å². The van der Waals surface area contributed by atoms with Crippen LogP contribution in [0.3, 0.4) is 0 Å². The lowest BCUT2D eigenvalue weighted by molar-refractivity contribution is 0.128. The van der Waals surface area contributed by atoms with Gasteiger partial charge in [-0.2, -0.15) is 0 Å². The number of likely N-dealkylation sites (N-methyl/N-ethyl adjacent to an activating group) is 1. The predicted octanol–water partition coefficient (Wildman–Crippen LogP) is 3.52. The van der Waals surface area contributed by atoms with Gasteiger partial charge in [0.25, 0.3) is 0 Å². The van der Waals surface area contributed by atoms with E-state index in [1.54, 1.807) is 0 Å². The van der Waals surface area contributed by atoms with Crippen molar-refractivity contribution in [3.8, 4) is 0 Å². The molecule has 0 radical (unpaired) electrons. The quantitative estimate of drug-likeness (QED) is 0.807. The van der Waals surface area contributed by atoms with E-state index in [0.717, 1.165) is 25.0 Å². The highest BCUT2D eigenvalue weighted by atomic mass is 15.1. The normalized spacial score (nSPS) is 26.0. The lowest BCUT2D eigenvalue weighted by Gasteiger charge is -2.41. The first-order valence-electron chi connectivity index (χ1n) is 7.76. The SMILES string of the molecule is CC(C)N(C)CCNC1CCCCC1C(C)(C)C. The molecule has 2 nitrogen and oxygen atoms in total. The first-order valence-corrected chi connectivity index (χ1v) is 7.76. The van der Waals surface area contributed by atoms with E-state index in [4.69, 9.17) is 0 Å². The summed E-state index contributed by atoms with van der Waals surface area (Å²) in [5, 5.41) is 3.82. The van der Waals surface area contributed by atoms with Crippen molar-refractivity contribution in [1.82, 2.24) is 10.2 Å². The van der Waals surface area contributed by atoms with Gasteiger partial charge in [-0.15, -0.1) is 0 Å². The van der Waals surface area contributed by atoms with Gasteiger partial charge < -0.3 is 10.2 Å². The number of hydrogen-bond donors (Lipinski definition) is 1. The molecule has 1 saturated carbocycles. The molecule has 0 aliphatic heterocycles. The van der Waals surface area contributed by atoms with Gasteiger partial charge in [0.2, 0.25) is 0 Å². The third kappa shape index (κ3) is 4.89. The summed E-state index contributed by atoms with van der Waals surface area (Å²) >= 11 is 0. The summed E-state index contributed by atoms with van der Waals surface area (Å²) in [4.78, 5) is 2.42. The molecule has 0 spiro atoms. The zero-order valence-electron chi connectivity index (χ0n) is 13.4. The molecule has 0 bridgehead atoms. The molecule has 0 aromatic heterocycles. The average Bonchev–Trinajstić information content (AvgIpc) is 2.28. The Morgan fingerprint density at radius 2 is 1.78 bits per heavy atom. The van der Waals surface area contributed by atoms with E-state index in [1.165, 1.54) is 25.7 Å². The Balaban J connectivity index is 2.39. The van der Waals surface area contributed by atoms with Gasteiger partial charge >= 0.3 is 0 Å². The smallest absolute Gasteiger partial charge is 0.0107 e. The van der Waals surface area contributed by atoms with Gasteiger partial charge in [0.1, 0.15) is 0 Å². The summed E-state index contributed by atoms with van der Waals surface area (Å²) in [6.07, 6.45) is 5.60. The summed E-state index contributed by atoms with van der Waals surface area (Å²) in [7, 11) is 2.22. The first kappa shape index (κ1) is 16.0. The fraction of sp³-hybridized carbons (Fsp3) is 1.00. The minimum absolute atomic E-state index is 0.446. The Morgan fingerprint density at radius 3 is 2.33 bits per heavy atom. The standard InChI is InChI=1S/C16H34N2/c1-13(2)18(6)12-11-17-15-10-8-7-9-14(15)16(3,4)5/h13-15,17H,7-12H2,1-6H3. The molecule has 1 aliphatic rings. The molecule has 0 heterocycles. The van der Waals surface area contributed by atoms with Crippen molar-refractivity contribution in [1.29, 1.82) is 0 Å². The van der Waals surface area contributed by atoms with Gasteiger partial charge in [-0.3, -0.25) is 0 Å². The molecule has 2 atom stereocenters. The maximum Gasteiger partial charge on any atom is 0.0107 e. The fourth-order valence-electron chi connectivity index (χ4n) is 3.10. The van der Waals surface area contributed by atoms with Crippen molar-refractivity contribution in [3.05, 3.63) is 0 Å². The molecule has 0 aromatic carbocycles. The molecule has 1 aliphatic carbocycles. The van der Waals surface area contributed by atoms with Crippen LogP contribution in [0.4, 0.5) is 0 Å². The molecular weight excluding hydrogens is 220 g/mol. The lowest BCUT2D eigenvalue weighted by Crippen LogP contribution is -2.46. The molecule has 108 valence electrons. The average molecular weight is 254 g/mol. The number of rotatable bonds is 5. The van der Waals surface area contributed by atoms with Crippen molar-refractivity contribution in [3.63, 3.8) is 0 Å². The number of nitrogens with zero attached hydrogens (tertiary/aromatic N) is 1. The van der Waals surface area contributed by atoms with Crippen LogP contribution in [0.15, 0.2) is 0 Å². The highest BCUT2D eigenvalue weighted by Crippen LogP contribution is 2.37. The van der Waals surface area contributed by atoms with E-state index < -0.39 is 0 Å². The molecule has 0 amide bonds. The van der Waals surface area contributed by atoms with Crippen LogP contribution in [0.25, 0.3) is 0 Å². The second-order valence-electron chi connectivity index (χ2n) is 7.39. The van der Waals surface area contributed by atoms with Crippen molar-refractivity contribution < 1.29 is 0 Å². The van der Waals surface area contributed by atoms with Crippen LogP contribution in [-0.4, -0.2) is 37.1 Å². The highest BCUT2D eigenvalue weighted by Gasteiger charge is 2.33. The second kappa shape index (κ2) is 6.91. The second-order valence-corrected chi connectivity index (χ2v) is 7.39. The van der Waals surface area contributed by atoms with E-state index in [-0.39, 0.29) is 0 Å². The zero-order chi connectivity index (χ0) is 13.8. The predicted molar refractivity (Wildman–Crippen MR) is 81.0 cm³/mol. The fourth-order valence-corrected chi connectivity index (χ4v) is 3.10. The maximum absolute atomic E-state index is 3.82. The van der Waals surface area contributed by atoms with Crippen molar-refractivity contribution in [2.45, 2.75) is 72.4 Å². The van der Waals surface area contributed by atoms with Gasteiger partial charge in [0.05, 0.1) is 0 Å². The first-order chi connectivity index (χ1) is 8.32. The van der Waals surface area contributed by atoms with Crippen molar-refractivity contribution in [2.75, 3.05) is 20.1 Å². The topological polar surface area (TPSA) is 15.3 Å². The summed E-state index contributed by atoms with van der Waals surface area (Å²) < 4.78 is 0. The molecule has 0 saturated heterocycles. The minimum Gasteiger partial charge on any atom is -0.312 e. The summed E-state index contributed by atoms with van der Waals surface area (Å²) in [5.41, 5.74) is 0.446. The van der Waals surface area contributed by atoms with Crippen LogP contribution in [0.1, 0.15) is 60.3 Å². The van der Waals surface area contributed by atoms with Gasteiger partial charge in [0.15, 0.2) is 0 Å².